The lowest BCUT2D eigenvalue weighted by atomic mass is 10.1. The summed E-state index contributed by atoms with van der Waals surface area (Å²) in [6.45, 7) is 10.3. The smallest absolute Gasteiger partial charge is 0.407 e. The molecule has 0 aromatic rings. The third-order valence-electron chi connectivity index (χ3n) is 11.9. The average molecular weight is 955 g/mol. The summed E-state index contributed by atoms with van der Waals surface area (Å²) in [5, 5.41) is 2.82. The Morgan fingerprint density at radius 2 is 0.853 bits per heavy atom. The van der Waals surface area contributed by atoms with E-state index in [1.807, 2.05) is 7.05 Å². The highest BCUT2D eigenvalue weighted by Crippen LogP contribution is 2.15. The zero-order valence-electron chi connectivity index (χ0n) is 44.3. The summed E-state index contributed by atoms with van der Waals surface area (Å²) < 4.78 is 22.7. The number of alkyl carbamates (subject to hydrolysis) is 1. The molecule has 0 aliphatic carbocycles. The minimum absolute atomic E-state index is 0.00689. The highest BCUT2D eigenvalue weighted by Gasteiger charge is 2.22. The molecule has 68 heavy (non-hydrogen) atoms. The van der Waals surface area contributed by atoms with Gasteiger partial charge in [0.15, 0.2) is 6.10 Å². The third-order valence-corrected chi connectivity index (χ3v) is 11.9. The van der Waals surface area contributed by atoms with Gasteiger partial charge in [0.05, 0.1) is 0 Å². The molecule has 0 aromatic carbocycles. The predicted octanol–water partition coefficient (Wildman–Crippen LogP) is 15.4. The summed E-state index contributed by atoms with van der Waals surface area (Å²) in [6.07, 6.45) is 51.2. The monoisotopic (exact) mass is 955 g/mol. The largest absolute Gasteiger partial charge is 0.462 e. The second kappa shape index (κ2) is 51.2. The molecular formula is C58H102N2O8. The van der Waals surface area contributed by atoms with Gasteiger partial charge in [-0.3, -0.25) is 14.4 Å². The van der Waals surface area contributed by atoms with Crippen LogP contribution in [0.3, 0.4) is 0 Å². The Morgan fingerprint density at radius 1 is 0.441 bits per heavy atom. The Kier molecular flexibility index (Phi) is 48.4. The summed E-state index contributed by atoms with van der Waals surface area (Å²) in [4.78, 5) is 53.6. The van der Waals surface area contributed by atoms with E-state index in [9.17, 15) is 19.2 Å². The van der Waals surface area contributed by atoms with E-state index < -0.39 is 24.3 Å². The number of likely N-dealkylation sites (N-methyl/N-ethyl adjacent to an activating group) is 1. The Balaban J connectivity index is 5.04. The molecule has 10 nitrogen and oxygen atoms in total. The van der Waals surface area contributed by atoms with E-state index >= 15 is 0 Å². The molecule has 0 aromatic heterocycles. The van der Waals surface area contributed by atoms with Gasteiger partial charge in [0.1, 0.15) is 19.3 Å². The summed E-state index contributed by atoms with van der Waals surface area (Å²) in [6, 6.07) is 0. The number of nitrogens with one attached hydrogen (secondary N) is 1. The first kappa shape index (κ1) is 64.3. The molecule has 0 fully saturated rings. The normalized spacial score (nSPS) is 12.5. The topological polar surface area (TPSA) is 120 Å². The number of hydrogen-bond donors (Lipinski definition) is 1. The van der Waals surface area contributed by atoms with E-state index in [0.717, 1.165) is 116 Å². The van der Waals surface area contributed by atoms with Crippen LogP contribution in [0.1, 0.15) is 233 Å². The molecule has 0 radical (unpaired) electrons. The van der Waals surface area contributed by atoms with Crippen molar-refractivity contribution in [3.8, 4) is 0 Å². The zero-order chi connectivity index (χ0) is 49.8. The molecule has 1 N–H and O–H groups in total. The number of amides is 1. The van der Waals surface area contributed by atoms with Gasteiger partial charge in [-0.2, -0.15) is 0 Å². The maximum Gasteiger partial charge on any atom is 0.407 e. The minimum Gasteiger partial charge on any atom is -0.462 e. The SMILES string of the molecule is CCCCC/C=C\C/C=C\CCCCCCCC(=O)OCC(COC(=O)CCCCCCC/C=C\C/C=C\CCCCC)OC(=O)CCC(CC/C=C\CCCCC)OC(=O)NCCN(C)CC. The maximum atomic E-state index is 13.3. The zero-order valence-corrected chi connectivity index (χ0v) is 44.3. The number of unbranched alkanes of at least 4 members (excludes halogenated alkanes) is 19. The fourth-order valence-electron chi connectivity index (χ4n) is 7.31. The number of carbonyl (C=O) groups excluding carboxylic acids is 4. The lowest BCUT2D eigenvalue weighted by Gasteiger charge is -2.20. The molecule has 0 aliphatic heterocycles. The van der Waals surface area contributed by atoms with Crippen LogP contribution >= 0.6 is 0 Å². The summed E-state index contributed by atoms with van der Waals surface area (Å²) in [5.74, 6) is -1.25. The fraction of sp³-hybridized carbons (Fsp3) is 0.759. The van der Waals surface area contributed by atoms with Crippen LogP contribution in [0, 0.1) is 0 Å². The van der Waals surface area contributed by atoms with Crippen molar-refractivity contribution in [3.63, 3.8) is 0 Å². The van der Waals surface area contributed by atoms with Crippen LogP contribution in [0.5, 0.6) is 0 Å². The molecular weight excluding hydrogens is 853 g/mol. The van der Waals surface area contributed by atoms with E-state index in [1.54, 1.807) is 0 Å². The third kappa shape index (κ3) is 47.4. The summed E-state index contributed by atoms with van der Waals surface area (Å²) in [7, 11) is 1.99. The van der Waals surface area contributed by atoms with Crippen molar-refractivity contribution in [1.82, 2.24) is 10.2 Å². The number of esters is 3. The van der Waals surface area contributed by atoms with Gasteiger partial charge in [-0.1, -0.05) is 166 Å². The van der Waals surface area contributed by atoms with E-state index in [1.165, 1.54) is 64.2 Å². The van der Waals surface area contributed by atoms with Crippen molar-refractivity contribution in [2.45, 2.75) is 245 Å². The molecule has 0 aliphatic rings. The van der Waals surface area contributed by atoms with Crippen molar-refractivity contribution >= 4 is 24.0 Å². The minimum atomic E-state index is -0.936. The highest BCUT2D eigenvalue weighted by molar-refractivity contribution is 5.71. The summed E-state index contributed by atoms with van der Waals surface area (Å²) >= 11 is 0. The van der Waals surface area contributed by atoms with Crippen molar-refractivity contribution < 1.29 is 38.1 Å². The van der Waals surface area contributed by atoms with Crippen LogP contribution in [-0.2, 0) is 33.3 Å². The molecule has 0 spiro atoms. The number of hydrogen-bond acceptors (Lipinski definition) is 9. The standard InChI is InChI=1S/C58H102N2O8/c1-6-10-13-16-19-21-23-25-27-29-31-33-36-39-42-45-55(61)65-51-54(52-66-56(62)46-43-40-37-34-32-30-28-26-24-22-20-17-14-11-7-2)67-57(63)48-47-53(44-41-38-35-18-15-12-8-3)68-58(64)59-49-50-60(5)9-4/h19-22,25-28,35,38,53-54H,6-18,23-24,29-34,36-37,39-52H2,1-5H3,(H,59,64)/b21-19-,22-20-,27-25-,28-26-,38-35-. The Morgan fingerprint density at radius 3 is 1.31 bits per heavy atom. The molecule has 0 saturated carbocycles. The van der Waals surface area contributed by atoms with Gasteiger partial charge >= 0.3 is 24.0 Å². The fourth-order valence-corrected chi connectivity index (χ4v) is 7.31. The number of ether oxygens (including phenoxy) is 4. The van der Waals surface area contributed by atoms with Gasteiger partial charge in [0, 0.05) is 32.4 Å². The average Bonchev–Trinajstić information content (AvgIpc) is 3.33. The van der Waals surface area contributed by atoms with Gasteiger partial charge in [0.2, 0.25) is 0 Å². The van der Waals surface area contributed by atoms with Gasteiger partial charge in [-0.05, 0) is 123 Å². The molecule has 10 heteroatoms. The van der Waals surface area contributed by atoms with Crippen molar-refractivity contribution in [3.05, 3.63) is 60.8 Å². The molecule has 0 saturated heterocycles. The van der Waals surface area contributed by atoms with Gasteiger partial charge in [0.25, 0.3) is 0 Å². The van der Waals surface area contributed by atoms with Gasteiger partial charge < -0.3 is 29.2 Å². The second-order valence-electron chi connectivity index (χ2n) is 18.4. The predicted molar refractivity (Wildman–Crippen MR) is 284 cm³/mol. The molecule has 1 amide bonds. The van der Waals surface area contributed by atoms with Crippen LogP contribution in [-0.4, -0.2) is 81.0 Å². The van der Waals surface area contributed by atoms with Crippen molar-refractivity contribution in [2.75, 3.05) is 39.9 Å². The van der Waals surface area contributed by atoms with Gasteiger partial charge in [-0.15, -0.1) is 0 Å². The lowest BCUT2D eigenvalue weighted by molar-refractivity contribution is -0.167. The molecule has 1 unspecified atom stereocenters. The van der Waals surface area contributed by atoms with E-state index in [4.69, 9.17) is 18.9 Å². The van der Waals surface area contributed by atoms with Crippen LogP contribution in [0.4, 0.5) is 4.79 Å². The van der Waals surface area contributed by atoms with E-state index in [0.29, 0.717) is 19.5 Å². The molecule has 0 rings (SSSR count). The van der Waals surface area contributed by atoms with Crippen molar-refractivity contribution in [1.29, 1.82) is 0 Å². The van der Waals surface area contributed by atoms with Gasteiger partial charge in [-0.25, -0.2) is 4.79 Å². The quantitative estimate of drug-likeness (QED) is 0.0275. The summed E-state index contributed by atoms with van der Waals surface area (Å²) in [5.41, 5.74) is 0. The first-order valence-electron chi connectivity index (χ1n) is 27.6. The Bertz CT molecular complexity index is 1280. The van der Waals surface area contributed by atoms with Crippen LogP contribution in [0.25, 0.3) is 0 Å². The molecule has 1 atom stereocenters. The molecule has 392 valence electrons. The first-order chi connectivity index (χ1) is 33.2. The number of allylic oxidation sites excluding steroid dienone is 10. The number of carbonyl (C=O) groups is 4. The molecule has 0 heterocycles. The number of nitrogens with zero attached hydrogens (tertiary/aromatic N) is 1. The van der Waals surface area contributed by atoms with Crippen LogP contribution < -0.4 is 5.32 Å². The Labute approximate surface area is 417 Å². The Hall–Kier alpha value is -3.66. The van der Waals surface area contributed by atoms with Crippen molar-refractivity contribution in [2.24, 2.45) is 0 Å². The lowest BCUT2D eigenvalue weighted by Crippen LogP contribution is -2.35. The second-order valence-corrected chi connectivity index (χ2v) is 18.4. The van der Waals surface area contributed by atoms with Crippen LogP contribution in [0.15, 0.2) is 60.8 Å². The molecule has 0 bridgehead atoms. The van der Waals surface area contributed by atoms with E-state index in [-0.39, 0.29) is 50.8 Å². The van der Waals surface area contributed by atoms with Crippen LogP contribution in [0.2, 0.25) is 0 Å². The first-order valence-corrected chi connectivity index (χ1v) is 27.6. The highest BCUT2D eigenvalue weighted by atomic mass is 16.6. The number of rotatable bonds is 48. The van der Waals surface area contributed by atoms with E-state index in [2.05, 4.69) is 98.7 Å². The maximum absolute atomic E-state index is 13.3.